The lowest BCUT2D eigenvalue weighted by Gasteiger charge is -2.09. The van der Waals surface area contributed by atoms with E-state index in [-0.39, 0.29) is 0 Å². The van der Waals surface area contributed by atoms with Crippen LogP contribution in [0.25, 0.3) is 0 Å². The van der Waals surface area contributed by atoms with Crippen LogP contribution in [-0.4, -0.2) is 13.2 Å². The fraction of sp³-hybridized carbons (Fsp3) is 0.333. The molecule has 106 valence electrons. The number of aryl methyl sites for hydroxylation is 1. The van der Waals surface area contributed by atoms with Crippen LogP contribution < -0.4 is 10.1 Å². The summed E-state index contributed by atoms with van der Waals surface area (Å²) in [6.07, 6.45) is 2.22. The summed E-state index contributed by atoms with van der Waals surface area (Å²) in [4.78, 5) is 0. The molecule has 0 atom stereocenters. The average Bonchev–Trinajstić information content (AvgIpc) is 2.49. The van der Waals surface area contributed by atoms with E-state index in [9.17, 15) is 0 Å². The van der Waals surface area contributed by atoms with Gasteiger partial charge in [-0.05, 0) is 43.5 Å². The maximum absolute atomic E-state index is 5.77. The van der Waals surface area contributed by atoms with Crippen molar-refractivity contribution in [2.24, 2.45) is 0 Å². The Morgan fingerprint density at radius 2 is 1.65 bits per heavy atom. The molecule has 0 saturated heterocycles. The number of hydrogen-bond donors (Lipinski definition) is 1. The smallest absolute Gasteiger partial charge is 0.122 e. The van der Waals surface area contributed by atoms with Gasteiger partial charge in [0.2, 0.25) is 0 Å². The zero-order chi connectivity index (χ0) is 14.0. The molecule has 0 amide bonds. The molecule has 0 aliphatic heterocycles. The highest BCUT2D eigenvalue weighted by Gasteiger charge is 1.97. The first-order valence-electron chi connectivity index (χ1n) is 7.29. The lowest BCUT2D eigenvalue weighted by molar-refractivity contribution is 0.304. The predicted molar refractivity (Wildman–Crippen MR) is 84.1 cm³/mol. The Labute approximate surface area is 121 Å². The molecule has 0 bridgehead atoms. The van der Waals surface area contributed by atoms with E-state index >= 15 is 0 Å². The molecule has 2 aromatic rings. The van der Waals surface area contributed by atoms with Crippen LogP contribution in [0.1, 0.15) is 24.0 Å². The third-order valence-electron chi connectivity index (χ3n) is 3.27. The highest BCUT2D eigenvalue weighted by Crippen LogP contribution is 2.16. The lowest BCUT2D eigenvalue weighted by Crippen LogP contribution is -2.15. The van der Waals surface area contributed by atoms with E-state index in [4.69, 9.17) is 4.74 Å². The molecule has 0 aromatic heterocycles. The van der Waals surface area contributed by atoms with Gasteiger partial charge in [-0.3, -0.25) is 0 Å². The van der Waals surface area contributed by atoms with Crippen molar-refractivity contribution in [3.05, 3.63) is 65.7 Å². The SMILES string of the molecule is Cc1ccccc1OCCCCNCc1ccccc1. The molecule has 0 aliphatic carbocycles. The van der Waals surface area contributed by atoms with E-state index in [1.54, 1.807) is 0 Å². The second-order valence-electron chi connectivity index (χ2n) is 4.98. The van der Waals surface area contributed by atoms with Crippen LogP contribution in [0.5, 0.6) is 5.75 Å². The van der Waals surface area contributed by atoms with Gasteiger partial charge in [0.05, 0.1) is 6.61 Å². The standard InChI is InChI=1S/C18H23NO/c1-16-9-5-6-12-18(16)20-14-8-7-13-19-15-17-10-3-2-4-11-17/h2-6,9-12,19H,7-8,13-15H2,1H3. The summed E-state index contributed by atoms with van der Waals surface area (Å²) >= 11 is 0. The van der Waals surface area contributed by atoms with Gasteiger partial charge in [-0.1, -0.05) is 48.5 Å². The summed E-state index contributed by atoms with van der Waals surface area (Å²) < 4.78 is 5.77. The molecule has 2 nitrogen and oxygen atoms in total. The molecule has 0 spiro atoms. The summed E-state index contributed by atoms with van der Waals surface area (Å²) in [6.45, 7) is 4.85. The third kappa shape index (κ3) is 5.06. The fourth-order valence-corrected chi connectivity index (χ4v) is 2.08. The van der Waals surface area contributed by atoms with E-state index in [2.05, 4.69) is 42.6 Å². The minimum atomic E-state index is 0.790. The Morgan fingerprint density at radius 1 is 0.900 bits per heavy atom. The van der Waals surface area contributed by atoms with E-state index < -0.39 is 0 Å². The molecule has 0 heterocycles. The zero-order valence-corrected chi connectivity index (χ0v) is 12.1. The highest BCUT2D eigenvalue weighted by atomic mass is 16.5. The predicted octanol–water partition coefficient (Wildman–Crippen LogP) is 3.94. The van der Waals surface area contributed by atoms with Crippen LogP contribution in [0.4, 0.5) is 0 Å². The zero-order valence-electron chi connectivity index (χ0n) is 12.1. The maximum atomic E-state index is 5.77. The number of unbranched alkanes of at least 4 members (excludes halogenated alkanes) is 1. The molecular weight excluding hydrogens is 246 g/mol. The Hall–Kier alpha value is -1.80. The quantitative estimate of drug-likeness (QED) is 0.733. The Kier molecular flexibility index (Phi) is 6.12. The number of ether oxygens (including phenoxy) is 1. The summed E-state index contributed by atoms with van der Waals surface area (Å²) in [5, 5.41) is 3.46. The van der Waals surface area contributed by atoms with E-state index in [1.807, 2.05) is 24.3 Å². The topological polar surface area (TPSA) is 21.3 Å². The van der Waals surface area contributed by atoms with Gasteiger partial charge in [0.15, 0.2) is 0 Å². The Balaban J connectivity index is 1.53. The van der Waals surface area contributed by atoms with Crippen molar-refractivity contribution in [2.75, 3.05) is 13.2 Å². The maximum Gasteiger partial charge on any atom is 0.122 e. The molecule has 0 fully saturated rings. The molecule has 0 saturated carbocycles. The second kappa shape index (κ2) is 8.39. The summed E-state index contributed by atoms with van der Waals surface area (Å²) in [5.41, 5.74) is 2.54. The van der Waals surface area contributed by atoms with Crippen molar-refractivity contribution in [1.82, 2.24) is 5.32 Å². The number of hydrogen-bond acceptors (Lipinski definition) is 2. The van der Waals surface area contributed by atoms with Crippen molar-refractivity contribution >= 4 is 0 Å². The molecular formula is C18H23NO. The lowest BCUT2D eigenvalue weighted by atomic mass is 10.2. The molecule has 0 unspecified atom stereocenters. The van der Waals surface area contributed by atoms with Gasteiger partial charge in [0.25, 0.3) is 0 Å². The van der Waals surface area contributed by atoms with Gasteiger partial charge >= 0.3 is 0 Å². The molecule has 2 heteroatoms. The van der Waals surface area contributed by atoms with Crippen LogP contribution in [-0.2, 0) is 6.54 Å². The van der Waals surface area contributed by atoms with Crippen LogP contribution in [0.15, 0.2) is 54.6 Å². The molecule has 0 aliphatic rings. The molecule has 2 rings (SSSR count). The number of rotatable bonds is 8. The second-order valence-corrected chi connectivity index (χ2v) is 4.98. The van der Waals surface area contributed by atoms with Gasteiger partial charge in [-0.2, -0.15) is 0 Å². The summed E-state index contributed by atoms with van der Waals surface area (Å²) in [6, 6.07) is 18.7. The normalized spacial score (nSPS) is 10.4. The Morgan fingerprint density at radius 3 is 2.45 bits per heavy atom. The monoisotopic (exact) mass is 269 g/mol. The van der Waals surface area contributed by atoms with Crippen molar-refractivity contribution in [3.8, 4) is 5.75 Å². The van der Waals surface area contributed by atoms with E-state index in [0.29, 0.717) is 0 Å². The van der Waals surface area contributed by atoms with Gasteiger partial charge in [-0.15, -0.1) is 0 Å². The number of para-hydroxylation sites is 1. The first kappa shape index (κ1) is 14.6. The summed E-state index contributed by atoms with van der Waals surface area (Å²) in [5.74, 6) is 1.00. The third-order valence-corrected chi connectivity index (χ3v) is 3.27. The van der Waals surface area contributed by atoms with Gasteiger partial charge in [0, 0.05) is 6.54 Å². The minimum absolute atomic E-state index is 0.790. The first-order chi connectivity index (χ1) is 9.86. The van der Waals surface area contributed by atoms with Crippen molar-refractivity contribution in [2.45, 2.75) is 26.3 Å². The largest absolute Gasteiger partial charge is 0.493 e. The number of benzene rings is 2. The number of nitrogens with one attached hydrogen (secondary N) is 1. The first-order valence-corrected chi connectivity index (χ1v) is 7.29. The van der Waals surface area contributed by atoms with Crippen LogP contribution in [0.3, 0.4) is 0 Å². The van der Waals surface area contributed by atoms with Gasteiger partial charge in [0.1, 0.15) is 5.75 Å². The Bertz CT molecular complexity index is 496. The molecule has 0 radical (unpaired) electrons. The van der Waals surface area contributed by atoms with Crippen molar-refractivity contribution in [3.63, 3.8) is 0 Å². The minimum Gasteiger partial charge on any atom is -0.493 e. The van der Waals surface area contributed by atoms with E-state index in [0.717, 1.165) is 38.3 Å². The van der Waals surface area contributed by atoms with Gasteiger partial charge in [-0.25, -0.2) is 0 Å². The summed E-state index contributed by atoms with van der Waals surface area (Å²) in [7, 11) is 0. The van der Waals surface area contributed by atoms with Crippen molar-refractivity contribution < 1.29 is 4.74 Å². The highest BCUT2D eigenvalue weighted by molar-refractivity contribution is 5.31. The van der Waals surface area contributed by atoms with Crippen molar-refractivity contribution in [1.29, 1.82) is 0 Å². The fourth-order valence-electron chi connectivity index (χ4n) is 2.08. The van der Waals surface area contributed by atoms with Crippen LogP contribution >= 0.6 is 0 Å². The molecule has 20 heavy (non-hydrogen) atoms. The molecule has 2 aromatic carbocycles. The average molecular weight is 269 g/mol. The van der Waals surface area contributed by atoms with Crippen LogP contribution in [0.2, 0.25) is 0 Å². The van der Waals surface area contributed by atoms with Crippen LogP contribution in [0, 0.1) is 6.92 Å². The molecule has 1 N–H and O–H groups in total. The van der Waals surface area contributed by atoms with Gasteiger partial charge < -0.3 is 10.1 Å². The van der Waals surface area contributed by atoms with E-state index in [1.165, 1.54) is 11.1 Å².